The number of anilines is 1. The van der Waals surface area contributed by atoms with Gasteiger partial charge in [0.2, 0.25) is 0 Å². The molecule has 0 aliphatic carbocycles. The average Bonchev–Trinajstić information content (AvgIpc) is 3.15. The number of hydrogen-bond acceptors (Lipinski definition) is 6. The zero-order valence-electron chi connectivity index (χ0n) is 21.0. The SMILES string of the molecule is COc1ccc(-c2cc(C(=O)N=C3C(=O)N(c4ccccc4)N(C)C3C)c3ccccc3n2)c(OC)c1. The lowest BCUT2D eigenvalue weighted by Crippen LogP contribution is -2.38. The van der Waals surface area contributed by atoms with Crippen molar-refractivity contribution in [2.75, 3.05) is 26.3 Å². The summed E-state index contributed by atoms with van der Waals surface area (Å²) in [6.45, 7) is 1.85. The van der Waals surface area contributed by atoms with Crippen LogP contribution in [0.2, 0.25) is 0 Å². The van der Waals surface area contributed by atoms with E-state index in [1.165, 1.54) is 5.01 Å². The van der Waals surface area contributed by atoms with Gasteiger partial charge in [-0.15, -0.1) is 0 Å². The van der Waals surface area contributed by atoms with E-state index in [1.54, 1.807) is 38.4 Å². The molecule has 37 heavy (non-hydrogen) atoms. The molecular formula is C29H26N4O4. The summed E-state index contributed by atoms with van der Waals surface area (Å²) in [5, 5.41) is 3.97. The number of para-hydroxylation sites is 2. The summed E-state index contributed by atoms with van der Waals surface area (Å²) < 4.78 is 10.9. The van der Waals surface area contributed by atoms with Gasteiger partial charge in [-0.25, -0.2) is 20.0 Å². The highest BCUT2D eigenvalue weighted by atomic mass is 16.5. The lowest BCUT2D eigenvalue weighted by atomic mass is 10.0. The standard InChI is InChI=1S/C29H26N4O4/c1-18-27(29(35)33(32(18)2)19-10-6-5-7-11-19)31-28(34)23-17-25(30-24-13-9-8-12-21(23)24)22-15-14-20(36-3)16-26(22)37-4/h5-18H,1-4H3. The number of carbonyl (C=O) groups excluding carboxylic acids is 2. The van der Waals surface area contributed by atoms with Gasteiger partial charge in [0.1, 0.15) is 17.2 Å². The normalized spacial score (nSPS) is 17.0. The minimum atomic E-state index is -0.508. The zero-order chi connectivity index (χ0) is 26.1. The van der Waals surface area contributed by atoms with Crippen LogP contribution in [0.15, 0.2) is 83.9 Å². The summed E-state index contributed by atoms with van der Waals surface area (Å²) in [6, 6.07) is 23.4. The molecular weight excluding hydrogens is 468 g/mol. The fourth-order valence-electron chi connectivity index (χ4n) is 4.46. The van der Waals surface area contributed by atoms with Crippen molar-refractivity contribution >= 4 is 34.1 Å². The number of aliphatic imine (C=N–C) groups is 1. The second-order valence-corrected chi connectivity index (χ2v) is 8.64. The van der Waals surface area contributed by atoms with Crippen molar-refractivity contribution in [1.29, 1.82) is 0 Å². The molecule has 0 bridgehead atoms. The molecule has 4 aromatic rings. The first-order valence-electron chi connectivity index (χ1n) is 11.8. The van der Waals surface area contributed by atoms with Gasteiger partial charge in [-0.3, -0.25) is 9.59 Å². The van der Waals surface area contributed by atoms with Crippen LogP contribution in [0, 0.1) is 0 Å². The number of amides is 2. The summed E-state index contributed by atoms with van der Waals surface area (Å²) >= 11 is 0. The van der Waals surface area contributed by atoms with Crippen molar-refractivity contribution in [2.24, 2.45) is 4.99 Å². The smallest absolute Gasteiger partial charge is 0.289 e. The van der Waals surface area contributed by atoms with Crippen molar-refractivity contribution in [2.45, 2.75) is 13.0 Å². The van der Waals surface area contributed by atoms with Gasteiger partial charge >= 0.3 is 0 Å². The van der Waals surface area contributed by atoms with Crippen LogP contribution in [0.3, 0.4) is 0 Å². The zero-order valence-corrected chi connectivity index (χ0v) is 21.0. The summed E-state index contributed by atoms with van der Waals surface area (Å²) in [6.07, 6.45) is 0. The largest absolute Gasteiger partial charge is 0.497 e. The first-order chi connectivity index (χ1) is 17.9. The number of methoxy groups -OCH3 is 2. The fraction of sp³-hybridized carbons (Fsp3) is 0.172. The molecule has 0 radical (unpaired) electrons. The van der Waals surface area contributed by atoms with E-state index in [1.807, 2.05) is 73.7 Å². The monoisotopic (exact) mass is 494 g/mol. The predicted octanol–water partition coefficient (Wildman–Crippen LogP) is 4.78. The van der Waals surface area contributed by atoms with Crippen LogP contribution in [0.1, 0.15) is 17.3 Å². The lowest BCUT2D eigenvalue weighted by Gasteiger charge is -2.25. The van der Waals surface area contributed by atoms with E-state index in [2.05, 4.69) is 4.99 Å². The molecule has 1 atom stereocenters. The van der Waals surface area contributed by atoms with Crippen LogP contribution in [0.4, 0.5) is 5.69 Å². The summed E-state index contributed by atoms with van der Waals surface area (Å²) in [5.41, 5.74) is 3.14. The Hall–Kier alpha value is -4.56. The van der Waals surface area contributed by atoms with E-state index < -0.39 is 5.91 Å². The maximum absolute atomic E-state index is 13.6. The average molecular weight is 495 g/mol. The molecule has 5 rings (SSSR count). The maximum atomic E-state index is 13.6. The quantitative estimate of drug-likeness (QED) is 0.397. The van der Waals surface area contributed by atoms with Crippen LogP contribution in [-0.2, 0) is 4.79 Å². The van der Waals surface area contributed by atoms with E-state index in [0.717, 1.165) is 0 Å². The number of hydrogen-bond donors (Lipinski definition) is 0. The van der Waals surface area contributed by atoms with E-state index >= 15 is 0 Å². The fourth-order valence-corrected chi connectivity index (χ4v) is 4.46. The van der Waals surface area contributed by atoms with Crippen LogP contribution < -0.4 is 14.5 Å². The van der Waals surface area contributed by atoms with Crippen LogP contribution >= 0.6 is 0 Å². The highest BCUT2D eigenvalue weighted by Gasteiger charge is 2.40. The molecule has 186 valence electrons. The van der Waals surface area contributed by atoms with Crippen molar-refractivity contribution in [1.82, 2.24) is 9.99 Å². The topological polar surface area (TPSA) is 84.3 Å². The summed E-state index contributed by atoms with van der Waals surface area (Å²) in [4.78, 5) is 36.1. The van der Waals surface area contributed by atoms with Gasteiger partial charge < -0.3 is 9.47 Å². The van der Waals surface area contributed by atoms with Crippen LogP contribution in [-0.4, -0.2) is 54.8 Å². The van der Waals surface area contributed by atoms with Gasteiger partial charge in [-0.05, 0) is 43.3 Å². The first kappa shape index (κ1) is 24.1. The molecule has 1 aliphatic rings. The van der Waals surface area contributed by atoms with Crippen molar-refractivity contribution < 1.29 is 19.1 Å². The van der Waals surface area contributed by atoms with Gasteiger partial charge in [0.05, 0.1) is 42.7 Å². The van der Waals surface area contributed by atoms with Gasteiger partial charge in [-0.2, -0.15) is 0 Å². The van der Waals surface area contributed by atoms with E-state index in [-0.39, 0.29) is 17.7 Å². The molecule has 8 heteroatoms. The molecule has 1 saturated heterocycles. The van der Waals surface area contributed by atoms with Gasteiger partial charge in [0.25, 0.3) is 11.8 Å². The van der Waals surface area contributed by atoms with Gasteiger partial charge in [0.15, 0.2) is 0 Å². The molecule has 0 spiro atoms. The Morgan fingerprint density at radius 1 is 0.946 bits per heavy atom. The molecule has 3 aromatic carbocycles. The third-order valence-electron chi connectivity index (χ3n) is 6.54. The molecule has 2 heterocycles. The highest BCUT2D eigenvalue weighted by molar-refractivity contribution is 6.48. The first-order valence-corrected chi connectivity index (χ1v) is 11.8. The Labute approximate surface area is 214 Å². The maximum Gasteiger partial charge on any atom is 0.289 e. The van der Waals surface area contributed by atoms with Crippen molar-refractivity contribution in [3.63, 3.8) is 0 Å². The number of rotatable bonds is 5. The van der Waals surface area contributed by atoms with E-state index in [0.29, 0.717) is 44.9 Å². The van der Waals surface area contributed by atoms with Gasteiger partial charge in [0, 0.05) is 24.1 Å². The molecule has 2 amide bonds. The summed E-state index contributed by atoms with van der Waals surface area (Å²) in [7, 11) is 4.96. The number of fused-ring (bicyclic) bond motifs is 1. The van der Waals surface area contributed by atoms with Crippen LogP contribution in [0.5, 0.6) is 11.5 Å². The number of hydrazine groups is 1. The van der Waals surface area contributed by atoms with Crippen LogP contribution in [0.25, 0.3) is 22.2 Å². The Kier molecular flexibility index (Phi) is 6.42. The van der Waals surface area contributed by atoms with Crippen molar-refractivity contribution in [3.8, 4) is 22.8 Å². The Morgan fingerprint density at radius 3 is 2.41 bits per heavy atom. The number of benzene rings is 3. The Bertz CT molecular complexity index is 1530. The molecule has 1 fully saturated rings. The molecule has 1 aromatic heterocycles. The Morgan fingerprint density at radius 2 is 1.68 bits per heavy atom. The molecule has 0 N–H and O–H groups in total. The highest BCUT2D eigenvalue weighted by Crippen LogP contribution is 2.34. The number of ether oxygens (including phenoxy) is 2. The number of carbonyl (C=O) groups is 2. The van der Waals surface area contributed by atoms with Crippen molar-refractivity contribution in [3.05, 3.63) is 84.4 Å². The second-order valence-electron chi connectivity index (χ2n) is 8.64. The molecule has 8 nitrogen and oxygen atoms in total. The van der Waals surface area contributed by atoms with Gasteiger partial charge in [-0.1, -0.05) is 36.4 Å². The minimum absolute atomic E-state index is 0.181. The number of aromatic nitrogens is 1. The predicted molar refractivity (Wildman–Crippen MR) is 143 cm³/mol. The Balaban J connectivity index is 1.60. The molecule has 0 saturated carbocycles. The second kappa shape index (κ2) is 9.83. The van der Waals surface area contributed by atoms with E-state index in [4.69, 9.17) is 14.5 Å². The number of pyridine rings is 1. The number of nitrogens with zero attached hydrogens (tertiary/aromatic N) is 4. The lowest BCUT2D eigenvalue weighted by molar-refractivity contribution is -0.113. The molecule has 1 aliphatic heterocycles. The minimum Gasteiger partial charge on any atom is -0.497 e. The molecule has 1 unspecified atom stereocenters. The summed E-state index contributed by atoms with van der Waals surface area (Å²) in [5.74, 6) is 0.368. The third-order valence-corrected chi connectivity index (χ3v) is 6.54. The third kappa shape index (κ3) is 4.32. The van der Waals surface area contributed by atoms with E-state index in [9.17, 15) is 9.59 Å².